The van der Waals surface area contributed by atoms with Crippen molar-refractivity contribution in [2.24, 2.45) is 5.92 Å². The standard InChI is InChI=1S/C12H22ClNO/c1-3-9(4-2)12(15)14-11-8-6-5-7-10(11)13/h9-11H,3-8H2,1-2H3,(H,14,15). The second kappa shape index (κ2) is 6.37. The number of amides is 1. The van der Waals surface area contributed by atoms with Crippen LogP contribution in [0.25, 0.3) is 0 Å². The third-order valence-electron chi connectivity index (χ3n) is 3.37. The molecule has 88 valence electrons. The highest BCUT2D eigenvalue weighted by atomic mass is 35.5. The van der Waals surface area contributed by atoms with Gasteiger partial charge in [-0.15, -0.1) is 11.6 Å². The molecule has 0 heterocycles. The summed E-state index contributed by atoms with van der Waals surface area (Å²) in [6.45, 7) is 4.12. The van der Waals surface area contributed by atoms with E-state index in [1.165, 1.54) is 12.8 Å². The molecule has 15 heavy (non-hydrogen) atoms. The largest absolute Gasteiger partial charge is 0.352 e. The van der Waals surface area contributed by atoms with E-state index >= 15 is 0 Å². The predicted molar refractivity (Wildman–Crippen MR) is 64.1 cm³/mol. The second-order valence-electron chi connectivity index (χ2n) is 4.43. The molecule has 2 atom stereocenters. The zero-order chi connectivity index (χ0) is 11.3. The van der Waals surface area contributed by atoms with Crippen molar-refractivity contribution in [3.8, 4) is 0 Å². The number of carbonyl (C=O) groups excluding carboxylic acids is 1. The zero-order valence-electron chi connectivity index (χ0n) is 9.76. The molecule has 1 aliphatic rings. The van der Waals surface area contributed by atoms with Gasteiger partial charge in [0.15, 0.2) is 0 Å². The lowest BCUT2D eigenvalue weighted by molar-refractivity contribution is -0.126. The minimum atomic E-state index is 0.136. The third kappa shape index (κ3) is 3.67. The summed E-state index contributed by atoms with van der Waals surface area (Å²) >= 11 is 6.20. The molecule has 2 nitrogen and oxygen atoms in total. The van der Waals surface area contributed by atoms with Crippen molar-refractivity contribution in [3.63, 3.8) is 0 Å². The Labute approximate surface area is 97.8 Å². The Morgan fingerprint density at radius 2 is 1.93 bits per heavy atom. The van der Waals surface area contributed by atoms with E-state index in [-0.39, 0.29) is 23.2 Å². The highest BCUT2D eigenvalue weighted by Gasteiger charge is 2.26. The van der Waals surface area contributed by atoms with Crippen LogP contribution in [0.15, 0.2) is 0 Å². The van der Waals surface area contributed by atoms with E-state index in [9.17, 15) is 4.79 Å². The van der Waals surface area contributed by atoms with E-state index in [2.05, 4.69) is 19.2 Å². The number of halogens is 1. The Balaban J connectivity index is 2.41. The Morgan fingerprint density at radius 3 is 2.47 bits per heavy atom. The lowest BCUT2D eigenvalue weighted by Crippen LogP contribution is -2.45. The summed E-state index contributed by atoms with van der Waals surface area (Å²) in [5.74, 6) is 0.355. The van der Waals surface area contributed by atoms with Crippen LogP contribution in [-0.4, -0.2) is 17.3 Å². The van der Waals surface area contributed by atoms with Crippen molar-refractivity contribution in [2.75, 3.05) is 0 Å². The molecule has 0 spiro atoms. The van der Waals surface area contributed by atoms with Gasteiger partial charge >= 0.3 is 0 Å². The van der Waals surface area contributed by atoms with Crippen molar-refractivity contribution in [1.82, 2.24) is 5.32 Å². The number of alkyl halides is 1. The average Bonchev–Trinajstić information content (AvgIpc) is 2.23. The summed E-state index contributed by atoms with van der Waals surface area (Å²) in [4.78, 5) is 11.8. The van der Waals surface area contributed by atoms with Crippen molar-refractivity contribution in [3.05, 3.63) is 0 Å². The first-order valence-corrected chi connectivity index (χ1v) is 6.57. The monoisotopic (exact) mass is 231 g/mol. The van der Waals surface area contributed by atoms with Gasteiger partial charge in [-0.05, 0) is 25.7 Å². The lowest BCUT2D eigenvalue weighted by atomic mass is 9.93. The second-order valence-corrected chi connectivity index (χ2v) is 4.99. The van der Waals surface area contributed by atoms with Crippen LogP contribution in [0.5, 0.6) is 0 Å². The average molecular weight is 232 g/mol. The van der Waals surface area contributed by atoms with Crippen LogP contribution in [0, 0.1) is 5.92 Å². The molecule has 3 heteroatoms. The molecule has 1 N–H and O–H groups in total. The van der Waals surface area contributed by atoms with Crippen LogP contribution >= 0.6 is 11.6 Å². The molecule has 0 saturated heterocycles. The minimum Gasteiger partial charge on any atom is -0.352 e. The maximum atomic E-state index is 11.8. The molecule has 1 rings (SSSR count). The third-order valence-corrected chi connectivity index (χ3v) is 3.89. The zero-order valence-corrected chi connectivity index (χ0v) is 10.5. The Morgan fingerprint density at radius 1 is 1.33 bits per heavy atom. The van der Waals surface area contributed by atoms with Gasteiger partial charge in [-0.1, -0.05) is 26.7 Å². The van der Waals surface area contributed by atoms with Gasteiger partial charge in [-0.3, -0.25) is 4.79 Å². The highest BCUT2D eigenvalue weighted by Crippen LogP contribution is 2.23. The van der Waals surface area contributed by atoms with Crippen LogP contribution < -0.4 is 5.32 Å². The molecule has 1 aliphatic carbocycles. The van der Waals surface area contributed by atoms with Gasteiger partial charge in [0.05, 0.1) is 5.38 Å². The molecule has 0 aromatic rings. The SMILES string of the molecule is CCC(CC)C(=O)NC1CCCCC1Cl. The van der Waals surface area contributed by atoms with Gasteiger partial charge in [-0.2, -0.15) is 0 Å². The molecular weight excluding hydrogens is 210 g/mol. The molecule has 1 amide bonds. The van der Waals surface area contributed by atoms with Crippen molar-refractivity contribution >= 4 is 17.5 Å². The first-order valence-electron chi connectivity index (χ1n) is 6.13. The van der Waals surface area contributed by atoms with E-state index in [1.54, 1.807) is 0 Å². The maximum absolute atomic E-state index is 11.8. The number of rotatable bonds is 4. The van der Waals surface area contributed by atoms with Crippen molar-refractivity contribution < 1.29 is 4.79 Å². The van der Waals surface area contributed by atoms with E-state index in [0.29, 0.717) is 0 Å². The smallest absolute Gasteiger partial charge is 0.223 e. The number of carbonyl (C=O) groups is 1. The molecule has 1 fully saturated rings. The fraction of sp³-hybridized carbons (Fsp3) is 0.917. The first-order chi connectivity index (χ1) is 7.19. The molecule has 0 aromatic heterocycles. The van der Waals surface area contributed by atoms with Crippen LogP contribution in [-0.2, 0) is 4.79 Å². The molecule has 1 saturated carbocycles. The predicted octanol–water partition coefficient (Wildman–Crippen LogP) is 3.09. The van der Waals surface area contributed by atoms with Gasteiger partial charge in [0.25, 0.3) is 0 Å². The van der Waals surface area contributed by atoms with Gasteiger partial charge in [0.2, 0.25) is 5.91 Å². The van der Waals surface area contributed by atoms with Gasteiger partial charge in [0, 0.05) is 12.0 Å². The summed E-state index contributed by atoms with van der Waals surface area (Å²) in [7, 11) is 0. The fourth-order valence-corrected chi connectivity index (χ4v) is 2.55. The topological polar surface area (TPSA) is 29.1 Å². The normalized spacial score (nSPS) is 26.7. The van der Waals surface area contributed by atoms with Crippen LogP contribution in [0.4, 0.5) is 0 Å². The number of nitrogens with one attached hydrogen (secondary N) is 1. The van der Waals surface area contributed by atoms with Gasteiger partial charge in [-0.25, -0.2) is 0 Å². The van der Waals surface area contributed by atoms with Crippen molar-refractivity contribution in [2.45, 2.75) is 63.8 Å². The van der Waals surface area contributed by atoms with Crippen LogP contribution in [0.1, 0.15) is 52.4 Å². The molecule has 2 unspecified atom stereocenters. The summed E-state index contributed by atoms with van der Waals surface area (Å²) in [5, 5.41) is 3.24. The number of hydrogen-bond donors (Lipinski definition) is 1. The molecule has 0 radical (unpaired) electrons. The molecule has 0 bridgehead atoms. The fourth-order valence-electron chi connectivity index (χ4n) is 2.21. The van der Waals surface area contributed by atoms with Crippen molar-refractivity contribution in [1.29, 1.82) is 0 Å². The van der Waals surface area contributed by atoms with Gasteiger partial charge < -0.3 is 5.32 Å². The summed E-state index contributed by atoms with van der Waals surface area (Å²) in [6, 6.07) is 0.202. The summed E-state index contributed by atoms with van der Waals surface area (Å²) in [5.41, 5.74) is 0. The number of hydrogen-bond acceptors (Lipinski definition) is 1. The quantitative estimate of drug-likeness (QED) is 0.741. The maximum Gasteiger partial charge on any atom is 0.223 e. The van der Waals surface area contributed by atoms with Crippen LogP contribution in [0.3, 0.4) is 0 Å². The minimum absolute atomic E-state index is 0.136. The Bertz CT molecular complexity index is 204. The molecule has 0 aromatic carbocycles. The summed E-state index contributed by atoms with van der Waals surface area (Å²) in [6.07, 6.45) is 6.31. The van der Waals surface area contributed by atoms with E-state index < -0.39 is 0 Å². The highest BCUT2D eigenvalue weighted by molar-refractivity contribution is 6.21. The van der Waals surface area contributed by atoms with Crippen LogP contribution in [0.2, 0.25) is 0 Å². The summed E-state index contributed by atoms with van der Waals surface area (Å²) < 4.78 is 0. The van der Waals surface area contributed by atoms with Gasteiger partial charge in [0.1, 0.15) is 0 Å². The Kier molecular flexibility index (Phi) is 5.44. The van der Waals surface area contributed by atoms with E-state index in [4.69, 9.17) is 11.6 Å². The van der Waals surface area contributed by atoms with E-state index in [0.717, 1.165) is 25.7 Å². The van der Waals surface area contributed by atoms with E-state index in [1.807, 2.05) is 0 Å². The molecule has 0 aliphatic heterocycles. The Hall–Kier alpha value is -0.240. The first kappa shape index (κ1) is 12.8. The molecular formula is C12H22ClNO. The lowest BCUT2D eigenvalue weighted by Gasteiger charge is -2.29.